The van der Waals surface area contributed by atoms with E-state index in [9.17, 15) is 4.79 Å². The van der Waals surface area contributed by atoms with Gasteiger partial charge in [-0.2, -0.15) is 0 Å². The second-order valence-corrected chi connectivity index (χ2v) is 6.55. The summed E-state index contributed by atoms with van der Waals surface area (Å²) in [5, 5.41) is 0. The molecule has 1 nitrogen and oxygen atoms in total. The lowest BCUT2D eigenvalue weighted by Gasteiger charge is -2.24. The van der Waals surface area contributed by atoms with Crippen molar-refractivity contribution in [1.82, 2.24) is 0 Å². The third-order valence-corrected chi connectivity index (χ3v) is 4.78. The summed E-state index contributed by atoms with van der Waals surface area (Å²) >= 11 is 0. The lowest BCUT2D eigenvalue weighted by Crippen LogP contribution is -2.13. The van der Waals surface area contributed by atoms with Gasteiger partial charge in [0.05, 0.1) is 0 Å². The molecule has 0 aliphatic heterocycles. The summed E-state index contributed by atoms with van der Waals surface area (Å²) in [5.74, 6) is 0.967. The van der Waals surface area contributed by atoms with Crippen molar-refractivity contribution in [1.29, 1.82) is 0 Å². The van der Waals surface area contributed by atoms with E-state index >= 15 is 0 Å². The molecule has 0 amide bonds. The molecule has 1 heteroatoms. The molecule has 0 spiro atoms. The maximum Gasteiger partial charge on any atom is 0.133 e. The van der Waals surface area contributed by atoms with Gasteiger partial charge in [0.25, 0.3) is 0 Å². The SMILES string of the molecule is CCCCCCCCC(=O)CC1CCCc2ccccc21. The van der Waals surface area contributed by atoms with Gasteiger partial charge < -0.3 is 0 Å². The van der Waals surface area contributed by atoms with Gasteiger partial charge in [0.2, 0.25) is 0 Å². The van der Waals surface area contributed by atoms with Crippen LogP contribution in [0.2, 0.25) is 0 Å². The zero-order valence-electron chi connectivity index (χ0n) is 13.6. The quantitative estimate of drug-likeness (QED) is 0.523. The lowest BCUT2D eigenvalue weighted by atomic mass is 9.80. The number of ketones is 1. The normalized spacial score (nSPS) is 17.5. The van der Waals surface area contributed by atoms with Gasteiger partial charge in [0.15, 0.2) is 0 Å². The molecule has 0 saturated carbocycles. The standard InChI is InChI=1S/C20H30O/c1-2-3-4-5-6-7-14-19(21)16-18-13-10-12-17-11-8-9-15-20(17)18/h8-9,11,15,18H,2-7,10,12-14,16H2,1H3. The molecule has 0 N–H and O–H groups in total. The maximum atomic E-state index is 12.2. The highest BCUT2D eigenvalue weighted by atomic mass is 16.1. The molecule has 1 aliphatic carbocycles. The van der Waals surface area contributed by atoms with E-state index in [0.29, 0.717) is 11.7 Å². The molecule has 0 saturated heterocycles. The molecule has 1 aliphatic rings. The molecule has 0 radical (unpaired) electrons. The second-order valence-electron chi connectivity index (χ2n) is 6.55. The summed E-state index contributed by atoms with van der Waals surface area (Å²) in [7, 11) is 0. The summed E-state index contributed by atoms with van der Waals surface area (Å²) in [5.41, 5.74) is 2.92. The van der Waals surface area contributed by atoms with Crippen LogP contribution in [0.4, 0.5) is 0 Å². The van der Waals surface area contributed by atoms with E-state index in [2.05, 4.69) is 31.2 Å². The van der Waals surface area contributed by atoms with E-state index in [1.54, 1.807) is 0 Å². The zero-order valence-corrected chi connectivity index (χ0v) is 13.6. The Kier molecular flexibility index (Phi) is 6.99. The van der Waals surface area contributed by atoms with Crippen LogP contribution in [0.3, 0.4) is 0 Å². The highest BCUT2D eigenvalue weighted by molar-refractivity contribution is 5.79. The zero-order chi connectivity index (χ0) is 14.9. The molecule has 0 heterocycles. The van der Waals surface area contributed by atoms with Crippen molar-refractivity contribution in [2.24, 2.45) is 0 Å². The lowest BCUT2D eigenvalue weighted by molar-refractivity contribution is -0.119. The van der Waals surface area contributed by atoms with Crippen LogP contribution >= 0.6 is 0 Å². The van der Waals surface area contributed by atoms with Crippen molar-refractivity contribution >= 4 is 5.78 Å². The minimum absolute atomic E-state index is 0.479. The number of hydrogen-bond donors (Lipinski definition) is 0. The van der Waals surface area contributed by atoms with Gasteiger partial charge in [-0.15, -0.1) is 0 Å². The molecule has 2 rings (SSSR count). The smallest absolute Gasteiger partial charge is 0.133 e. The molecule has 1 aromatic carbocycles. The molecule has 1 aromatic rings. The molecule has 116 valence electrons. The van der Waals surface area contributed by atoms with Gasteiger partial charge in [-0.05, 0) is 42.7 Å². The van der Waals surface area contributed by atoms with E-state index < -0.39 is 0 Å². The van der Waals surface area contributed by atoms with Crippen LogP contribution in [0, 0.1) is 0 Å². The van der Waals surface area contributed by atoms with Crippen LogP contribution in [0.5, 0.6) is 0 Å². The summed E-state index contributed by atoms with van der Waals surface area (Å²) in [6.45, 7) is 2.24. The molecular weight excluding hydrogens is 256 g/mol. The van der Waals surface area contributed by atoms with Crippen LogP contribution in [-0.4, -0.2) is 5.78 Å². The van der Waals surface area contributed by atoms with E-state index in [4.69, 9.17) is 0 Å². The van der Waals surface area contributed by atoms with Crippen molar-refractivity contribution in [3.63, 3.8) is 0 Å². The Morgan fingerprint density at radius 3 is 2.71 bits per heavy atom. The minimum atomic E-state index is 0.479. The van der Waals surface area contributed by atoms with E-state index in [1.807, 2.05) is 0 Å². The third-order valence-electron chi connectivity index (χ3n) is 4.78. The maximum absolute atomic E-state index is 12.2. The summed E-state index contributed by atoms with van der Waals surface area (Å²) in [6.07, 6.45) is 12.8. The molecule has 1 atom stereocenters. The number of fused-ring (bicyclic) bond motifs is 1. The first kappa shape index (κ1) is 16.3. The molecule has 1 unspecified atom stereocenters. The average Bonchev–Trinajstić information content (AvgIpc) is 2.51. The van der Waals surface area contributed by atoms with Crippen molar-refractivity contribution in [2.45, 2.75) is 83.5 Å². The highest BCUT2D eigenvalue weighted by Gasteiger charge is 2.21. The Morgan fingerprint density at radius 1 is 1.10 bits per heavy atom. The molecule has 0 aromatic heterocycles. The summed E-state index contributed by atoms with van der Waals surface area (Å²) < 4.78 is 0. The number of rotatable bonds is 9. The van der Waals surface area contributed by atoms with Crippen molar-refractivity contribution < 1.29 is 4.79 Å². The highest BCUT2D eigenvalue weighted by Crippen LogP contribution is 2.34. The number of aryl methyl sites for hydroxylation is 1. The number of Topliss-reactive ketones (excluding diaryl/α,β-unsaturated/α-hetero) is 1. The van der Waals surface area contributed by atoms with Crippen LogP contribution < -0.4 is 0 Å². The van der Waals surface area contributed by atoms with Crippen molar-refractivity contribution in [2.75, 3.05) is 0 Å². The Balaban J connectivity index is 1.71. The Bertz CT molecular complexity index is 435. The largest absolute Gasteiger partial charge is 0.300 e. The predicted octanol–water partition coefficient (Wildman–Crippen LogP) is 5.82. The van der Waals surface area contributed by atoms with Gasteiger partial charge in [-0.25, -0.2) is 0 Å². The topological polar surface area (TPSA) is 17.1 Å². The van der Waals surface area contributed by atoms with E-state index in [-0.39, 0.29) is 0 Å². The average molecular weight is 286 g/mol. The Morgan fingerprint density at radius 2 is 1.86 bits per heavy atom. The van der Waals surface area contributed by atoms with E-state index in [1.165, 1.54) is 62.5 Å². The first-order chi connectivity index (χ1) is 10.3. The van der Waals surface area contributed by atoms with Crippen LogP contribution in [0.1, 0.15) is 88.2 Å². The van der Waals surface area contributed by atoms with Gasteiger partial charge in [-0.3, -0.25) is 4.79 Å². The van der Waals surface area contributed by atoms with Gasteiger partial charge in [0, 0.05) is 12.8 Å². The van der Waals surface area contributed by atoms with Crippen LogP contribution in [0.25, 0.3) is 0 Å². The number of benzene rings is 1. The van der Waals surface area contributed by atoms with Crippen molar-refractivity contribution in [3.8, 4) is 0 Å². The Hall–Kier alpha value is -1.11. The first-order valence-electron chi connectivity index (χ1n) is 8.90. The summed E-state index contributed by atoms with van der Waals surface area (Å²) in [4.78, 5) is 12.2. The Labute approximate surface area is 130 Å². The fourth-order valence-corrected chi connectivity index (χ4v) is 3.55. The van der Waals surface area contributed by atoms with Gasteiger partial charge >= 0.3 is 0 Å². The molecule has 0 fully saturated rings. The minimum Gasteiger partial charge on any atom is -0.300 e. The van der Waals surface area contributed by atoms with Gasteiger partial charge in [-0.1, -0.05) is 63.3 Å². The number of carbonyl (C=O) groups is 1. The fourth-order valence-electron chi connectivity index (χ4n) is 3.55. The molecule has 21 heavy (non-hydrogen) atoms. The van der Waals surface area contributed by atoms with Crippen LogP contribution in [-0.2, 0) is 11.2 Å². The van der Waals surface area contributed by atoms with Gasteiger partial charge in [0.1, 0.15) is 5.78 Å². The second kappa shape index (κ2) is 9.02. The fraction of sp³-hybridized carbons (Fsp3) is 0.650. The first-order valence-corrected chi connectivity index (χ1v) is 8.90. The number of hydrogen-bond acceptors (Lipinski definition) is 1. The monoisotopic (exact) mass is 286 g/mol. The molecular formula is C20H30O. The predicted molar refractivity (Wildman–Crippen MR) is 89.7 cm³/mol. The van der Waals surface area contributed by atoms with Crippen LogP contribution in [0.15, 0.2) is 24.3 Å². The summed E-state index contributed by atoms with van der Waals surface area (Å²) in [6, 6.07) is 8.71. The number of unbranched alkanes of at least 4 members (excludes halogenated alkanes) is 5. The number of carbonyl (C=O) groups excluding carboxylic acids is 1. The van der Waals surface area contributed by atoms with Crippen molar-refractivity contribution in [3.05, 3.63) is 35.4 Å². The molecule has 0 bridgehead atoms. The van der Waals surface area contributed by atoms with E-state index in [0.717, 1.165) is 19.3 Å². The third kappa shape index (κ3) is 5.30.